The molecule has 0 saturated heterocycles. The molecule has 0 atom stereocenters. The van der Waals surface area contributed by atoms with E-state index in [1.807, 2.05) is 17.4 Å². The van der Waals surface area contributed by atoms with Crippen LogP contribution in [-0.4, -0.2) is 0 Å². The molecule has 0 fully saturated rings. The first-order valence-electron chi connectivity index (χ1n) is 18.2. The SMILES string of the molecule is CC(C)(C)c1ccc(N(c2ccc3oc4ccccc4c3c2)c2cc3c(cc2-c2ccc4sc5ccccc5c4c2)-c2ccccc2C3(C)C)cc1. The van der Waals surface area contributed by atoms with Gasteiger partial charge in [0, 0.05) is 53.3 Å². The van der Waals surface area contributed by atoms with Gasteiger partial charge in [0.05, 0.1) is 5.69 Å². The Hall–Kier alpha value is -5.64. The van der Waals surface area contributed by atoms with Crippen LogP contribution in [0.3, 0.4) is 0 Å². The van der Waals surface area contributed by atoms with E-state index in [-0.39, 0.29) is 10.8 Å². The fourth-order valence-electron chi connectivity index (χ4n) is 8.44. The van der Waals surface area contributed by atoms with E-state index < -0.39 is 0 Å². The van der Waals surface area contributed by atoms with E-state index in [2.05, 4.69) is 179 Å². The van der Waals surface area contributed by atoms with Crippen molar-refractivity contribution in [2.75, 3.05) is 4.90 Å². The third-order valence-corrected chi connectivity index (χ3v) is 12.4. The highest BCUT2D eigenvalue weighted by molar-refractivity contribution is 7.25. The summed E-state index contributed by atoms with van der Waals surface area (Å²) in [7, 11) is 0. The van der Waals surface area contributed by atoms with Crippen LogP contribution in [0.25, 0.3) is 64.4 Å². The molecule has 10 rings (SSSR count). The summed E-state index contributed by atoms with van der Waals surface area (Å²) in [4.78, 5) is 2.47. The smallest absolute Gasteiger partial charge is 0.135 e. The molecule has 0 bridgehead atoms. The van der Waals surface area contributed by atoms with Crippen LogP contribution in [0.1, 0.15) is 51.3 Å². The lowest BCUT2D eigenvalue weighted by Crippen LogP contribution is -2.17. The Morgan fingerprint density at radius 2 is 1.21 bits per heavy atom. The van der Waals surface area contributed by atoms with E-state index in [4.69, 9.17) is 4.42 Å². The molecular weight excluding hydrogens is 651 g/mol. The number of para-hydroxylation sites is 1. The molecule has 3 heteroatoms. The second-order valence-corrected chi connectivity index (χ2v) is 16.9. The Morgan fingerprint density at radius 1 is 0.519 bits per heavy atom. The van der Waals surface area contributed by atoms with Crippen molar-refractivity contribution in [3.63, 3.8) is 0 Å². The average molecular weight is 690 g/mol. The molecule has 2 heterocycles. The van der Waals surface area contributed by atoms with Crippen molar-refractivity contribution in [3.8, 4) is 22.3 Å². The van der Waals surface area contributed by atoms with Crippen LogP contribution in [-0.2, 0) is 10.8 Å². The van der Waals surface area contributed by atoms with Crippen molar-refractivity contribution in [2.24, 2.45) is 0 Å². The van der Waals surface area contributed by atoms with Crippen molar-refractivity contribution in [2.45, 2.75) is 45.4 Å². The Labute approximate surface area is 308 Å². The molecule has 1 aliphatic carbocycles. The summed E-state index contributed by atoms with van der Waals surface area (Å²) in [5.41, 5.74) is 14.2. The largest absolute Gasteiger partial charge is 0.456 e. The Morgan fingerprint density at radius 3 is 2.04 bits per heavy atom. The van der Waals surface area contributed by atoms with Gasteiger partial charge in [-0.25, -0.2) is 0 Å². The number of hydrogen-bond acceptors (Lipinski definition) is 3. The topological polar surface area (TPSA) is 16.4 Å². The van der Waals surface area contributed by atoms with E-state index in [9.17, 15) is 0 Å². The Bertz CT molecular complexity index is 2860. The molecule has 0 radical (unpaired) electrons. The first kappa shape index (κ1) is 31.1. The molecule has 52 heavy (non-hydrogen) atoms. The number of anilines is 3. The van der Waals surface area contributed by atoms with Crippen molar-refractivity contribution in [1.82, 2.24) is 0 Å². The van der Waals surface area contributed by atoms with Crippen LogP contribution in [0.15, 0.2) is 150 Å². The quantitative estimate of drug-likeness (QED) is 0.183. The lowest BCUT2D eigenvalue weighted by atomic mass is 9.81. The van der Waals surface area contributed by atoms with Gasteiger partial charge in [0.25, 0.3) is 0 Å². The Balaban J connectivity index is 1.28. The van der Waals surface area contributed by atoms with E-state index >= 15 is 0 Å². The fraction of sp³-hybridized carbons (Fsp3) is 0.143. The number of thiophene rings is 1. The molecule has 252 valence electrons. The zero-order valence-electron chi connectivity index (χ0n) is 30.1. The van der Waals surface area contributed by atoms with E-state index in [1.54, 1.807) is 0 Å². The van der Waals surface area contributed by atoms with Crippen LogP contribution >= 0.6 is 11.3 Å². The standard InChI is InChI=1S/C49H39NOS/c1-48(2,3)31-19-21-32(22-20-31)50(33-23-24-45-39(27-33)35-13-7-10-16-44(35)51-45)43-29-42-38(34-12-6-9-15-41(34)49(42,4)5)28-37(43)30-18-25-47-40(26-30)36-14-8-11-17-46(36)52-47/h6-29H,1-5H3. The normalized spacial score (nSPS) is 13.6. The molecule has 2 aromatic heterocycles. The van der Waals surface area contributed by atoms with Gasteiger partial charge in [-0.1, -0.05) is 113 Å². The highest BCUT2D eigenvalue weighted by Crippen LogP contribution is 2.54. The molecule has 0 unspecified atom stereocenters. The maximum Gasteiger partial charge on any atom is 0.135 e. The lowest BCUT2D eigenvalue weighted by Gasteiger charge is -2.31. The zero-order chi connectivity index (χ0) is 35.4. The van der Waals surface area contributed by atoms with Gasteiger partial charge in [0.1, 0.15) is 11.2 Å². The lowest BCUT2D eigenvalue weighted by molar-refractivity contribution is 0.590. The highest BCUT2D eigenvalue weighted by Gasteiger charge is 2.37. The van der Waals surface area contributed by atoms with Crippen molar-refractivity contribution in [1.29, 1.82) is 0 Å². The molecule has 0 spiro atoms. The van der Waals surface area contributed by atoms with Crippen LogP contribution in [0.5, 0.6) is 0 Å². The third kappa shape index (κ3) is 4.69. The maximum absolute atomic E-state index is 6.32. The van der Waals surface area contributed by atoms with Gasteiger partial charge in [-0.15, -0.1) is 11.3 Å². The van der Waals surface area contributed by atoms with Gasteiger partial charge in [-0.2, -0.15) is 0 Å². The average Bonchev–Trinajstić information content (AvgIpc) is 3.79. The molecule has 0 amide bonds. The first-order valence-corrected chi connectivity index (χ1v) is 19.0. The van der Waals surface area contributed by atoms with Gasteiger partial charge < -0.3 is 9.32 Å². The van der Waals surface area contributed by atoms with Crippen LogP contribution in [0.4, 0.5) is 17.1 Å². The molecule has 7 aromatic carbocycles. The minimum absolute atomic E-state index is 0.0469. The van der Waals surface area contributed by atoms with Gasteiger partial charge in [0.2, 0.25) is 0 Å². The van der Waals surface area contributed by atoms with Gasteiger partial charge in [-0.3, -0.25) is 0 Å². The summed E-state index contributed by atoms with van der Waals surface area (Å²) in [6.45, 7) is 11.6. The summed E-state index contributed by atoms with van der Waals surface area (Å²) in [5, 5.41) is 4.86. The van der Waals surface area contributed by atoms with Crippen molar-refractivity contribution < 1.29 is 4.42 Å². The minimum Gasteiger partial charge on any atom is -0.456 e. The first-order chi connectivity index (χ1) is 25.1. The number of furan rings is 1. The predicted molar refractivity (Wildman–Crippen MR) is 223 cm³/mol. The molecule has 1 aliphatic rings. The molecule has 0 N–H and O–H groups in total. The number of benzene rings is 7. The molecule has 9 aromatic rings. The fourth-order valence-corrected chi connectivity index (χ4v) is 9.52. The van der Waals surface area contributed by atoms with Gasteiger partial charge >= 0.3 is 0 Å². The molecular formula is C49H39NOS. The summed E-state index contributed by atoms with van der Waals surface area (Å²) in [5.74, 6) is 0. The zero-order valence-corrected chi connectivity index (χ0v) is 30.9. The van der Waals surface area contributed by atoms with Crippen molar-refractivity contribution >= 4 is 70.5 Å². The monoisotopic (exact) mass is 689 g/mol. The van der Waals surface area contributed by atoms with Crippen LogP contribution in [0, 0.1) is 0 Å². The second kappa shape index (κ2) is 11.2. The van der Waals surface area contributed by atoms with E-state index in [0.717, 1.165) is 39.0 Å². The van der Waals surface area contributed by atoms with Crippen LogP contribution < -0.4 is 4.90 Å². The number of rotatable bonds is 4. The summed E-state index contributed by atoms with van der Waals surface area (Å²) < 4.78 is 8.95. The minimum atomic E-state index is -0.154. The number of nitrogens with zero attached hydrogens (tertiary/aromatic N) is 1. The molecule has 2 nitrogen and oxygen atoms in total. The van der Waals surface area contributed by atoms with Gasteiger partial charge in [-0.05, 0) is 106 Å². The van der Waals surface area contributed by atoms with Crippen molar-refractivity contribution in [3.05, 3.63) is 162 Å². The highest BCUT2D eigenvalue weighted by atomic mass is 32.1. The van der Waals surface area contributed by atoms with E-state index in [1.165, 1.54) is 59.1 Å². The number of hydrogen-bond donors (Lipinski definition) is 0. The maximum atomic E-state index is 6.32. The summed E-state index contributed by atoms with van der Waals surface area (Å²) >= 11 is 1.87. The summed E-state index contributed by atoms with van der Waals surface area (Å²) in [6, 6.07) is 53.9. The second-order valence-electron chi connectivity index (χ2n) is 15.8. The number of fused-ring (bicyclic) bond motifs is 9. The Kier molecular flexibility index (Phi) is 6.69. The molecule has 0 aliphatic heterocycles. The molecule has 0 saturated carbocycles. The third-order valence-electron chi connectivity index (χ3n) is 11.2. The van der Waals surface area contributed by atoms with E-state index in [0.29, 0.717) is 0 Å². The van der Waals surface area contributed by atoms with Gasteiger partial charge in [0.15, 0.2) is 0 Å². The predicted octanol–water partition coefficient (Wildman–Crippen LogP) is 14.7. The van der Waals surface area contributed by atoms with Crippen LogP contribution in [0.2, 0.25) is 0 Å². The summed E-state index contributed by atoms with van der Waals surface area (Å²) in [6.07, 6.45) is 0.